The Kier molecular flexibility index (Phi) is 2.68. The highest BCUT2D eigenvalue weighted by atomic mass is 16.1. The van der Waals surface area contributed by atoms with Gasteiger partial charge in [-0.1, -0.05) is 0 Å². The molecule has 0 bridgehead atoms. The minimum absolute atomic E-state index is 0.243. The number of rotatable bonds is 3. The third kappa shape index (κ3) is 2.04. The second-order valence-corrected chi connectivity index (χ2v) is 3.97. The molecule has 1 fully saturated rings. The molecule has 1 aliphatic rings. The van der Waals surface area contributed by atoms with Gasteiger partial charge < -0.3 is 4.57 Å². The third-order valence-electron chi connectivity index (χ3n) is 2.72. The molecular formula is C11H16N2O. The van der Waals surface area contributed by atoms with E-state index >= 15 is 0 Å². The van der Waals surface area contributed by atoms with Gasteiger partial charge in [-0.05, 0) is 32.0 Å². The number of Topliss-reactive ketones (excluding diaryl/α,β-unsaturated/α-hetero) is 1. The van der Waals surface area contributed by atoms with Crippen molar-refractivity contribution < 1.29 is 4.79 Å². The molecule has 0 radical (unpaired) electrons. The molecule has 0 spiro atoms. The molecule has 1 aromatic rings. The molecule has 1 saturated heterocycles. The molecule has 0 N–H and O–H groups in total. The van der Waals surface area contributed by atoms with Gasteiger partial charge in [-0.25, -0.2) is 0 Å². The molecule has 0 aromatic carbocycles. The van der Waals surface area contributed by atoms with Crippen LogP contribution in [0.3, 0.4) is 0 Å². The second kappa shape index (κ2) is 3.96. The van der Waals surface area contributed by atoms with E-state index in [2.05, 4.69) is 4.90 Å². The number of hydrogen-bond donors (Lipinski definition) is 0. The normalized spacial score (nSPS) is 17.5. The predicted octanol–water partition coefficient (Wildman–Crippen LogP) is 1.30. The van der Waals surface area contributed by atoms with Crippen molar-refractivity contribution in [3.05, 3.63) is 24.0 Å². The highest BCUT2D eigenvalue weighted by molar-refractivity contribution is 5.97. The Balaban J connectivity index is 1.95. The summed E-state index contributed by atoms with van der Waals surface area (Å²) in [4.78, 5) is 14.0. The zero-order chi connectivity index (χ0) is 9.97. The van der Waals surface area contributed by atoms with Gasteiger partial charge in [0.1, 0.15) is 0 Å². The van der Waals surface area contributed by atoms with Crippen LogP contribution in [0.25, 0.3) is 0 Å². The molecule has 0 aliphatic carbocycles. The van der Waals surface area contributed by atoms with Gasteiger partial charge in [0.2, 0.25) is 0 Å². The Morgan fingerprint density at radius 1 is 1.43 bits per heavy atom. The van der Waals surface area contributed by atoms with Crippen molar-refractivity contribution in [2.75, 3.05) is 19.6 Å². The zero-order valence-corrected chi connectivity index (χ0v) is 8.57. The Bertz CT molecular complexity index is 324. The smallest absolute Gasteiger partial charge is 0.178 e. The van der Waals surface area contributed by atoms with Gasteiger partial charge in [0, 0.05) is 25.0 Å². The lowest BCUT2D eigenvalue weighted by atomic mass is 10.2. The van der Waals surface area contributed by atoms with Gasteiger partial charge in [0.05, 0.1) is 6.54 Å². The molecule has 1 aliphatic heterocycles. The zero-order valence-electron chi connectivity index (χ0n) is 8.57. The largest absolute Gasteiger partial charge is 0.357 e. The fraction of sp³-hybridized carbons (Fsp3) is 0.545. The number of hydrogen-bond acceptors (Lipinski definition) is 2. The summed E-state index contributed by atoms with van der Waals surface area (Å²) in [6, 6.07) is 1.89. The Labute approximate surface area is 84.3 Å². The van der Waals surface area contributed by atoms with Crippen molar-refractivity contribution in [1.82, 2.24) is 9.47 Å². The second-order valence-electron chi connectivity index (χ2n) is 3.97. The summed E-state index contributed by atoms with van der Waals surface area (Å²) in [7, 11) is 1.94. The molecule has 3 heteroatoms. The van der Waals surface area contributed by atoms with Crippen molar-refractivity contribution in [3.63, 3.8) is 0 Å². The lowest BCUT2D eigenvalue weighted by Crippen LogP contribution is -2.26. The first-order valence-corrected chi connectivity index (χ1v) is 5.13. The summed E-state index contributed by atoms with van der Waals surface area (Å²) in [6.07, 6.45) is 6.28. The average Bonchev–Trinajstić information content (AvgIpc) is 2.75. The van der Waals surface area contributed by atoms with E-state index in [0.29, 0.717) is 6.54 Å². The van der Waals surface area contributed by atoms with Crippen molar-refractivity contribution in [3.8, 4) is 0 Å². The SMILES string of the molecule is Cn1ccc(C(=O)CN2CCCC2)c1. The lowest BCUT2D eigenvalue weighted by Gasteiger charge is -2.12. The van der Waals surface area contributed by atoms with Gasteiger partial charge >= 0.3 is 0 Å². The van der Waals surface area contributed by atoms with E-state index in [4.69, 9.17) is 0 Å². The molecule has 1 aromatic heterocycles. The Morgan fingerprint density at radius 2 is 2.14 bits per heavy atom. The van der Waals surface area contributed by atoms with Crippen LogP contribution in [0.1, 0.15) is 23.2 Å². The molecule has 76 valence electrons. The first-order chi connectivity index (χ1) is 6.75. The standard InChI is InChI=1S/C11H16N2O/c1-12-7-4-10(8-12)11(14)9-13-5-2-3-6-13/h4,7-8H,2-3,5-6,9H2,1H3. The summed E-state index contributed by atoms with van der Waals surface area (Å²) < 4.78 is 1.91. The highest BCUT2D eigenvalue weighted by Crippen LogP contribution is 2.09. The number of aromatic nitrogens is 1. The average molecular weight is 192 g/mol. The van der Waals surface area contributed by atoms with Crippen LogP contribution in [0, 0.1) is 0 Å². The number of carbonyl (C=O) groups is 1. The van der Waals surface area contributed by atoms with E-state index in [1.54, 1.807) is 0 Å². The van der Waals surface area contributed by atoms with Crippen LogP contribution in [-0.4, -0.2) is 34.9 Å². The number of carbonyl (C=O) groups excluding carboxylic acids is 1. The van der Waals surface area contributed by atoms with Gasteiger partial charge in [-0.2, -0.15) is 0 Å². The molecule has 2 rings (SSSR count). The monoisotopic (exact) mass is 192 g/mol. The molecule has 0 saturated carbocycles. The van der Waals surface area contributed by atoms with E-state index in [1.807, 2.05) is 30.1 Å². The topological polar surface area (TPSA) is 25.2 Å². The van der Waals surface area contributed by atoms with Crippen molar-refractivity contribution in [1.29, 1.82) is 0 Å². The third-order valence-corrected chi connectivity index (χ3v) is 2.72. The van der Waals surface area contributed by atoms with E-state index < -0.39 is 0 Å². The first kappa shape index (κ1) is 9.46. The van der Waals surface area contributed by atoms with E-state index in [-0.39, 0.29) is 5.78 Å². The minimum atomic E-state index is 0.243. The van der Waals surface area contributed by atoms with Crippen LogP contribution < -0.4 is 0 Å². The van der Waals surface area contributed by atoms with Gasteiger partial charge in [-0.15, -0.1) is 0 Å². The maximum absolute atomic E-state index is 11.8. The van der Waals surface area contributed by atoms with Crippen LogP contribution in [0.5, 0.6) is 0 Å². The molecule has 0 amide bonds. The van der Waals surface area contributed by atoms with Gasteiger partial charge in [0.25, 0.3) is 0 Å². The number of aryl methyl sites for hydroxylation is 1. The van der Waals surface area contributed by atoms with Crippen LogP contribution in [0.4, 0.5) is 0 Å². The minimum Gasteiger partial charge on any atom is -0.357 e. The van der Waals surface area contributed by atoms with Gasteiger partial charge in [0.15, 0.2) is 5.78 Å². The van der Waals surface area contributed by atoms with E-state index in [1.165, 1.54) is 12.8 Å². The van der Waals surface area contributed by atoms with Crippen molar-refractivity contribution in [2.45, 2.75) is 12.8 Å². The summed E-state index contributed by atoms with van der Waals surface area (Å²) in [5.41, 5.74) is 0.833. The molecule has 2 heterocycles. The fourth-order valence-corrected chi connectivity index (χ4v) is 1.90. The number of nitrogens with zero attached hydrogens (tertiary/aromatic N) is 2. The lowest BCUT2D eigenvalue weighted by molar-refractivity contribution is 0.0945. The van der Waals surface area contributed by atoms with Crippen molar-refractivity contribution in [2.24, 2.45) is 7.05 Å². The van der Waals surface area contributed by atoms with Crippen LogP contribution in [0.15, 0.2) is 18.5 Å². The predicted molar refractivity (Wildman–Crippen MR) is 55.4 cm³/mol. The molecule has 0 unspecified atom stereocenters. The fourth-order valence-electron chi connectivity index (χ4n) is 1.90. The van der Waals surface area contributed by atoms with Crippen LogP contribution in [0.2, 0.25) is 0 Å². The number of likely N-dealkylation sites (tertiary alicyclic amines) is 1. The summed E-state index contributed by atoms with van der Waals surface area (Å²) in [5.74, 6) is 0.243. The summed E-state index contributed by atoms with van der Waals surface area (Å²) in [6.45, 7) is 2.75. The van der Waals surface area contributed by atoms with Gasteiger partial charge in [-0.3, -0.25) is 9.69 Å². The van der Waals surface area contributed by atoms with E-state index in [9.17, 15) is 4.79 Å². The number of ketones is 1. The quantitative estimate of drug-likeness (QED) is 0.674. The van der Waals surface area contributed by atoms with Crippen molar-refractivity contribution >= 4 is 5.78 Å². The summed E-state index contributed by atoms with van der Waals surface area (Å²) in [5, 5.41) is 0. The maximum atomic E-state index is 11.8. The first-order valence-electron chi connectivity index (χ1n) is 5.13. The molecule has 3 nitrogen and oxygen atoms in total. The van der Waals surface area contributed by atoms with Crippen LogP contribution in [-0.2, 0) is 7.05 Å². The molecule has 0 atom stereocenters. The Morgan fingerprint density at radius 3 is 2.71 bits per heavy atom. The van der Waals surface area contributed by atoms with Crippen LogP contribution >= 0.6 is 0 Å². The highest BCUT2D eigenvalue weighted by Gasteiger charge is 2.16. The molecular weight excluding hydrogens is 176 g/mol. The summed E-state index contributed by atoms with van der Waals surface area (Å²) >= 11 is 0. The maximum Gasteiger partial charge on any atom is 0.178 e. The van der Waals surface area contributed by atoms with E-state index in [0.717, 1.165) is 18.7 Å². The molecule has 14 heavy (non-hydrogen) atoms. The Hall–Kier alpha value is -1.09.